The molecule has 5 fully saturated rings. The highest BCUT2D eigenvalue weighted by Crippen LogP contribution is 2.89. The highest BCUT2D eigenvalue weighted by atomic mass is 32.0. The number of hydrogen-bond donors (Lipinski definition) is 0. The average Bonchev–Trinajstić information content (AvgIpc) is 3.34. The minimum absolute atomic E-state index is 0.0753. The van der Waals surface area contributed by atoms with Gasteiger partial charge in [0.15, 0.2) is 5.78 Å². The van der Waals surface area contributed by atoms with E-state index in [1.165, 1.54) is 57.8 Å². The summed E-state index contributed by atoms with van der Waals surface area (Å²) in [6.07, 6.45) is 13.3. The van der Waals surface area contributed by atoms with Crippen molar-refractivity contribution in [3.8, 4) is 6.07 Å². The molecule has 5 saturated carbocycles. The second-order valence-corrected chi connectivity index (χ2v) is 15.6. The Morgan fingerprint density at radius 3 is 2.33 bits per heavy atom. The summed E-state index contributed by atoms with van der Waals surface area (Å²) >= 11 is 0. The first-order valence-corrected chi connectivity index (χ1v) is 16.2. The normalized spacial score (nSPS) is 50.8. The van der Waals surface area contributed by atoms with Gasteiger partial charge >= 0.3 is 0 Å². The van der Waals surface area contributed by atoms with E-state index in [2.05, 4.69) is 56.5 Å². The van der Waals surface area contributed by atoms with Crippen LogP contribution in [0, 0.1) is 68.0 Å². The zero-order valence-electron chi connectivity index (χ0n) is 21.8. The molecule has 5 aliphatic rings. The van der Waals surface area contributed by atoms with Crippen LogP contribution in [0.5, 0.6) is 0 Å². The molecule has 0 heterocycles. The number of ketones is 1. The van der Waals surface area contributed by atoms with Crippen LogP contribution in [-0.4, -0.2) is 11.1 Å². The Labute approximate surface area is 206 Å². The molecule has 182 valence electrons. The van der Waals surface area contributed by atoms with Crippen LogP contribution in [0.3, 0.4) is 0 Å². The summed E-state index contributed by atoms with van der Waals surface area (Å²) in [6.45, 7) is 15.3. The summed E-state index contributed by atoms with van der Waals surface area (Å²) in [5.41, 5.74) is 2.51. The first-order valence-electron chi connectivity index (χ1n) is 13.6. The van der Waals surface area contributed by atoms with Crippen LogP contribution >= 0.6 is 16.8 Å². The van der Waals surface area contributed by atoms with Gasteiger partial charge in [0, 0.05) is 6.42 Å². The van der Waals surface area contributed by atoms with Crippen molar-refractivity contribution in [1.82, 2.24) is 0 Å². The summed E-state index contributed by atoms with van der Waals surface area (Å²) in [4.78, 5) is 12.8. The van der Waals surface area contributed by atoms with E-state index in [0.717, 1.165) is 25.6 Å². The predicted molar refractivity (Wildman–Crippen MR) is 142 cm³/mol. The van der Waals surface area contributed by atoms with Gasteiger partial charge in [-0.2, -0.15) is 5.26 Å². The Bertz CT molecular complexity index is 934. The topological polar surface area (TPSA) is 40.9 Å². The molecule has 0 N–H and O–H groups in total. The maximum absolute atomic E-state index is 12.8. The van der Waals surface area contributed by atoms with Gasteiger partial charge in [0.25, 0.3) is 0 Å². The van der Waals surface area contributed by atoms with E-state index in [1.54, 1.807) is 0 Å². The molecule has 1 unspecified atom stereocenters. The lowest BCUT2D eigenvalue weighted by Gasteiger charge is -2.63. The van der Waals surface area contributed by atoms with Crippen LogP contribution in [0.1, 0.15) is 106 Å². The molecule has 33 heavy (non-hydrogen) atoms. The molecular weight excluding hydrogens is 440 g/mol. The number of carbonyl (C=O) groups is 1. The van der Waals surface area contributed by atoms with Crippen molar-refractivity contribution in [3.63, 3.8) is 0 Å². The Hall–Kier alpha value is -0.240. The molecule has 5 aliphatic carbocycles. The standard InChI is InChI=1S/C29H45NOP2/c1-18(15-21(31)22(16-30)33-32)20-10-11-27(6)24-8-7-23-25(3,4)19(2)9-12-28(23)17-29(24,28)14-13-26(20,27)5/h18-20,23-24H,7-15,17,32H2,1-6H3/t18-,19+,20-,23+,24+,26-,27+,28-,29+/m1/s1. The third-order valence-corrected chi connectivity index (χ3v) is 14.8. The molecule has 5 rings (SSSR count). The van der Waals surface area contributed by atoms with Gasteiger partial charge < -0.3 is 0 Å². The third-order valence-electron chi connectivity index (χ3n) is 13.4. The smallest absolute Gasteiger partial charge is 0.178 e. The fourth-order valence-electron chi connectivity index (χ4n) is 11.2. The minimum Gasteiger partial charge on any atom is -0.293 e. The molecule has 4 heteroatoms. The Morgan fingerprint density at radius 1 is 1.00 bits per heavy atom. The average molecular weight is 486 g/mol. The number of nitrogens with zero attached hydrogens (tertiary/aromatic N) is 1. The molecule has 0 aromatic rings. The van der Waals surface area contributed by atoms with Crippen molar-refractivity contribution in [2.24, 2.45) is 56.7 Å². The van der Waals surface area contributed by atoms with Crippen molar-refractivity contribution < 1.29 is 4.79 Å². The molecule has 0 radical (unpaired) electrons. The summed E-state index contributed by atoms with van der Waals surface area (Å²) in [5.74, 6) is 3.72. The summed E-state index contributed by atoms with van der Waals surface area (Å²) < 4.78 is 0. The van der Waals surface area contributed by atoms with E-state index < -0.39 is 0 Å². The molecule has 0 aliphatic heterocycles. The monoisotopic (exact) mass is 485 g/mol. The molecule has 10 atom stereocenters. The van der Waals surface area contributed by atoms with Gasteiger partial charge in [-0.15, -0.1) is 0 Å². The van der Waals surface area contributed by atoms with Gasteiger partial charge in [-0.3, -0.25) is 4.79 Å². The van der Waals surface area contributed by atoms with Gasteiger partial charge in [0.05, 0.1) is 0 Å². The first kappa shape index (κ1) is 24.5. The Kier molecular flexibility index (Phi) is 5.65. The highest BCUT2D eigenvalue weighted by Gasteiger charge is 2.81. The van der Waals surface area contributed by atoms with Crippen LogP contribution in [0.4, 0.5) is 0 Å². The number of carbonyl (C=O) groups excluding carboxylic acids is 1. The molecule has 2 spiro atoms. The lowest BCUT2D eigenvalue weighted by atomic mass is 9.41. The lowest BCUT2D eigenvalue weighted by Crippen LogP contribution is -2.56. The second kappa shape index (κ2) is 7.63. The van der Waals surface area contributed by atoms with Crippen molar-refractivity contribution >= 4 is 27.9 Å². The maximum atomic E-state index is 12.8. The van der Waals surface area contributed by atoms with Crippen LogP contribution in [0.2, 0.25) is 0 Å². The summed E-state index contributed by atoms with van der Waals surface area (Å²) in [6, 6.07) is 2.14. The quantitative estimate of drug-likeness (QED) is 0.378. The first-order chi connectivity index (χ1) is 15.4. The van der Waals surface area contributed by atoms with Gasteiger partial charge in [-0.05, 0) is 114 Å². The number of nitriles is 1. The third kappa shape index (κ3) is 2.94. The summed E-state index contributed by atoms with van der Waals surface area (Å²) in [7, 11) is 3.27. The fourth-order valence-corrected chi connectivity index (χ4v) is 12.1. The number of fused-ring (bicyclic) bond motifs is 2. The van der Waals surface area contributed by atoms with Crippen LogP contribution in [0.25, 0.3) is 0 Å². The van der Waals surface area contributed by atoms with E-state index in [1.807, 2.05) is 0 Å². The molecule has 0 aromatic carbocycles. The molecule has 0 aromatic heterocycles. The van der Waals surface area contributed by atoms with Gasteiger partial charge in [-0.1, -0.05) is 58.4 Å². The zero-order valence-corrected chi connectivity index (χ0v) is 23.9. The maximum Gasteiger partial charge on any atom is 0.178 e. The Balaban J connectivity index is 1.41. The SMILES string of the molecule is C[C@H](CC(=O)/C(C#N)=P\P)[C@H]1CC[C@@]2(C)[C@@H]3CC[C@H]4C(C)(C)[C@@H](C)CC[C@@]45C[C@@]35CC[C@]12C. The number of rotatable bonds is 4. The van der Waals surface area contributed by atoms with E-state index in [4.69, 9.17) is 0 Å². The van der Waals surface area contributed by atoms with E-state index in [-0.39, 0.29) is 5.78 Å². The largest absolute Gasteiger partial charge is 0.293 e. The molecule has 0 bridgehead atoms. The van der Waals surface area contributed by atoms with E-state index in [0.29, 0.717) is 50.6 Å². The minimum atomic E-state index is 0.0753. The van der Waals surface area contributed by atoms with E-state index in [9.17, 15) is 10.1 Å². The molecular formula is C29H45NOP2. The second-order valence-electron chi connectivity index (χ2n) is 14.1. The van der Waals surface area contributed by atoms with Crippen molar-refractivity contribution in [2.45, 2.75) is 106 Å². The number of hydrogen-bond acceptors (Lipinski definition) is 2. The van der Waals surface area contributed by atoms with Crippen LogP contribution in [-0.2, 0) is 4.79 Å². The predicted octanol–water partition coefficient (Wildman–Crippen LogP) is 8.09. The zero-order chi connectivity index (χ0) is 24.0. The van der Waals surface area contributed by atoms with E-state index >= 15 is 0 Å². The lowest BCUT2D eigenvalue weighted by molar-refractivity contribution is -0.149. The molecule has 0 saturated heterocycles. The highest BCUT2D eigenvalue weighted by molar-refractivity contribution is 8.03. The Morgan fingerprint density at radius 2 is 1.67 bits per heavy atom. The van der Waals surface area contributed by atoms with Crippen molar-refractivity contribution in [2.75, 3.05) is 0 Å². The molecule has 0 amide bonds. The van der Waals surface area contributed by atoms with Gasteiger partial charge in [0.1, 0.15) is 11.4 Å². The van der Waals surface area contributed by atoms with Crippen LogP contribution < -0.4 is 0 Å². The number of Topliss-reactive ketones (excluding diaryl/α,β-unsaturated/α-hetero) is 1. The van der Waals surface area contributed by atoms with Crippen molar-refractivity contribution in [3.05, 3.63) is 0 Å². The fraction of sp³-hybridized carbons (Fsp3) is 0.897. The van der Waals surface area contributed by atoms with Crippen LogP contribution in [0.15, 0.2) is 0 Å². The van der Waals surface area contributed by atoms with Crippen molar-refractivity contribution in [1.29, 1.82) is 5.26 Å². The summed E-state index contributed by atoms with van der Waals surface area (Å²) in [5, 5.41) is 9.75. The molecule has 2 nitrogen and oxygen atoms in total. The van der Waals surface area contributed by atoms with Gasteiger partial charge in [-0.25, -0.2) is 0 Å². The van der Waals surface area contributed by atoms with Gasteiger partial charge in [0.2, 0.25) is 0 Å².